The van der Waals surface area contributed by atoms with Crippen molar-refractivity contribution in [2.75, 3.05) is 0 Å². The van der Waals surface area contributed by atoms with E-state index < -0.39 is 0 Å². The monoisotopic (exact) mass is 385 g/mol. The summed E-state index contributed by atoms with van der Waals surface area (Å²) in [6.07, 6.45) is 0. The van der Waals surface area contributed by atoms with Crippen LogP contribution in [0, 0.1) is 11.3 Å². The number of hydrogen-bond acceptors (Lipinski definition) is 2. The molecule has 0 spiro atoms. The van der Waals surface area contributed by atoms with Gasteiger partial charge in [0, 0.05) is 8.95 Å². The van der Waals surface area contributed by atoms with Crippen LogP contribution in [0.15, 0.2) is 45.3 Å². The Hall–Kier alpha value is -1.02. The normalized spacial score (nSPS) is 9.89. The predicted molar refractivity (Wildman–Crippen MR) is 78.1 cm³/mol. The van der Waals surface area contributed by atoms with E-state index in [4.69, 9.17) is 21.6 Å². The maximum Gasteiger partial charge on any atom is 0.147 e. The zero-order chi connectivity index (χ0) is 13.1. The lowest BCUT2D eigenvalue weighted by molar-refractivity contribution is 0.480. The van der Waals surface area contributed by atoms with Gasteiger partial charge in [-0.15, -0.1) is 0 Å². The van der Waals surface area contributed by atoms with Crippen LogP contribution in [0.5, 0.6) is 11.5 Å². The average Bonchev–Trinajstić information content (AvgIpc) is 2.34. The molecule has 0 fully saturated rings. The average molecular weight is 387 g/mol. The minimum atomic E-state index is 0.438. The number of rotatable bonds is 2. The Kier molecular flexibility index (Phi) is 4.28. The molecule has 0 radical (unpaired) electrons. The molecule has 0 saturated carbocycles. The third kappa shape index (κ3) is 2.86. The van der Waals surface area contributed by atoms with Crippen molar-refractivity contribution in [3.05, 3.63) is 55.9 Å². The van der Waals surface area contributed by atoms with Crippen molar-refractivity contribution >= 4 is 43.5 Å². The number of halogens is 3. The van der Waals surface area contributed by atoms with Crippen molar-refractivity contribution < 1.29 is 4.74 Å². The Morgan fingerprint density at radius 2 is 1.89 bits per heavy atom. The first-order valence-corrected chi connectivity index (χ1v) is 6.89. The van der Waals surface area contributed by atoms with Gasteiger partial charge >= 0.3 is 0 Å². The molecule has 0 bridgehead atoms. The number of nitrogens with zero attached hydrogens (tertiary/aromatic N) is 1. The van der Waals surface area contributed by atoms with E-state index in [-0.39, 0.29) is 0 Å². The van der Waals surface area contributed by atoms with Crippen LogP contribution in [0.4, 0.5) is 0 Å². The Morgan fingerprint density at radius 1 is 1.11 bits per heavy atom. The molecular weight excluding hydrogens is 381 g/mol. The second-order valence-electron chi connectivity index (χ2n) is 3.40. The summed E-state index contributed by atoms with van der Waals surface area (Å²) >= 11 is 12.7. The summed E-state index contributed by atoms with van der Waals surface area (Å²) < 4.78 is 7.22. The van der Waals surface area contributed by atoms with Crippen LogP contribution in [0.25, 0.3) is 0 Å². The molecule has 0 aliphatic heterocycles. The Morgan fingerprint density at radius 3 is 2.61 bits per heavy atom. The van der Waals surface area contributed by atoms with Crippen LogP contribution in [0.1, 0.15) is 5.56 Å². The van der Waals surface area contributed by atoms with Gasteiger partial charge in [0.15, 0.2) is 0 Å². The van der Waals surface area contributed by atoms with Crippen molar-refractivity contribution in [1.82, 2.24) is 0 Å². The van der Waals surface area contributed by atoms with E-state index >= 15 is 0 Å². The van der Waals surface area contributed by atoms with Crippen LogP contribution >= 0.6 is 43.5 Å². The highest BCUT2D eigenvalue weighted by molar-refractivity contribution is 9.10. The summed E-state index contributed by atoms with van der Waals surface area (Å²) in [5.74, 6) is 0.965. The van der Waals surface area contributed by atoms with Gasteiger partial charge in [-0.3, -0.25) is 0 Å². The molecule has 18 heavy (non-hydrogen) atoms. The van der Waals surface area contributed by atoms with Crippen molar-refractivity contribution in [3.63, 3.8) is 0 Å². The van der Waals surface area contributed by atoms with Gasteiger partial charge in [0.1, 0.15) is 23.1 Å². The van der Waals surface area contributed by atoms with E-state index in [1.807, 2.05) is 6.07 Å². The maximum atomic E-state index is 9.10. The molecule has 2 aromatic rings. The highest BCUT2D eigenvalue weighted by atomic mass is 79.9. The molecule has 2 aromatic carbocycles. The van der Waals surface area contributed by atoms with Gasteiger partial charge < -0.3 is 4.74 Å². The molecule has 2 rings (SSSR count). The standard InChI is InChI=1S/C13H6Br2ClNO/c14-8-4-5-11(16)13(6-8)18-12-3-1-2-10(15)9(12)7-17/h1-6H. The lowest BCUT2D eigenvalue weighted by atomic mass is 10.2. The first-order chi connectivity index (χ1) is 8.61. The molecule has 0 aliphatic rings. The van der Waals surface area contributed by atoms with Gasteiger partial charge in [-0.1, -0.05) is 33.6 Å². The van der Waals surface area contributed by atoms with Crippen LogP contribution in [-0.2, 0) is 0 Å². The van der Waals surface area contributed by atoms with E-state index in [0.717, 1.165) is 4.47 Å². The van der Waals surface area contributed by atoms with E-state index in [9.17, 15) is 0 Å². The van der Waals surface area contributed by atoms with Gasteiger partial charge in [-0.25, -0.2) is 0 Å². The summed E-state index contributed by atoms with van der Waals surface area (Å²) in [4.78, 5) is 0. The highest BCUT2D eigenvalue weighted by Crippen LogP contribution is 2.35. The van der Waals surface area contributed by atoms with E-state index in [1.54, 1.807) is 30.3 Å². The largest absolute Gasteiger partial charge is 0.454 e. The molecule has 0 amide bonds. The molecule has 0 N–H and O–H groups in total. The van der Waals surface area contributed by atoms with E-state index in [2.05, 4.69) is 37.9 Å². The minimum Gasteiger partial charge on any atom is -0.454 e. The van der Waals surface area contributed by atoms with E-state index in [1.165, 1.54) is 0 Å². The number of nitriles is 1. The Balaban J connectivity index is 2.44. The number of hydrogen-bond donors (Lipinski definition) is 0. The summed E-state index contributed by atoms with van der Waals surface area (Å²) in [5.41, 5.74) is 0.438. The third-order valence-electron chi connectivity index (χ3n) is 2.20. The molecule has 0 aliphatic carbocycles. The third-order valence-corrected chi connectivity index (χ3v) is 3.67. The van der Waals surface area contributed by atoms with Crippen LogP contribution < -0.4 is 4.74 Å². The minimum absolute atomic E-state index is 0.438. The SMILES string of the molecule is N#Cc1c(Br)cccc1Oc1cc(Br)ccc1Cl. The summed E-state index contributed by atoms with van der Waals surface area (Å²) in [6, 6.07) is 12.7. The molecule has 0 heterocycles. The topological polar surface area (TPSA) is 33.0 Å². The molecule has 0 unspecified atom stereocenters. The van der Waals surface area contributed by atoms with Gasteiger partial charge in [0.2, 0.25) is 0 Å². The molecule has 0 saturated heterocycles. The van der Waals surface area contributed by atoms with Gasteiger partial charge in [0.05, 0.1) is 5.02 Å². The van der Waals surface area contributed by atoms with Crippen LogP contribution in [-0.4, -0.2) is 0 Å². The summed E-state index contributed by atoms with van der Waals surface area (Å²) in [6.45, 7) is 0. The van der Waals surface area contributed by atoms with Gasteiger partial charge in [-0.05, 0) is 46.3 Å². The second-order valence-corrected chi connectivity index (χ2v) is 5.58. The van der Waals surface area contributed by atoms with Gasteiger partial charge in [0.25, 0.3) is 0 Å². The summed E-state index contributed by atoms with van der Waals surface area (Å²) in [5, 5.41) is 9.59. The highest BCUT2D eigenvalue weighted by Gasteiger charge is 2.10. The smallest absolute Gasteiger partial charge is 0.147 e. The van der Waals surface area contributed by atoms with Crippen molar-refractivity contribution in [1.29, 1.82) is 5.26 Å². The molecule has 2 nitrogen and oxygen atoms in total. The fourth-order valence-electron chi connectivity index (χ4n) is 1.37. The molecule has 90 valence electrons. The van der Waals surface area contributed by atoms with Crippen molar-refractivity contribution in [3.8, 4) is 17.6 Å². The number of ether oxygens (including phenoxy) is 1. The lowest BCUT2D eigenvalue weighted by Gasteiger charge is -2.10. The lowest BCUT2D eigenvalue weighted by Crippen LogP contribution is -1.90. The maximum absolute atomic E-state index is 9.10. The quantitative estimate of drug-likeness (QED) is 0.679. The first kappa shape index (κ1) is 13.4. The predicted octanol–water partition coefficient (Wildman–Crippen LogP) is 5.53. The van der Waals surface area contributed by atoms with Crippen LogP contribution in [0.2, 0.25) is 5.02 Å². The molecule has 0 atom stereocenters. The zero-order valence-corrected chi connectivity index (χ0v) is 12.9. The van der Waals surface area contributed by atoms with Gasteiger partial charge in [-0.2, -0.15) is 5.26 Å². The fraction of sp³-hybridized carbons (Fsp3) is 0. The zero-order valence-electron chi connectivity index (χ0n) is 8.95. The fourth-order valence-corrected chi connectivity index (χ4v) is 2.30. The van der Waals surface area contributed by atoms with E-state index in [0.29, 0.717) is 26.6 Å². The first-order valence-electron chi connectivity index (χ1n) is 4.93. The van der Waals surface area contributed by atoms with Crippen molar-refractivity contribution in [2.45, 2.75) is 0 Å². The summed E-state index contributed by atoms with van der Waals surface area (Å²) in [7, 11) is 0. The Bertz CT molecular complexity index is 637. The Labute approximate surface area is 126 Å². The van der Waals surface area contributed by atoms with Crippen molar-refractivity contribution in [2.24, 2.45) is 0 Å². The molecular formula is C13H6Br2ClNO. The second kappa shape index (κ2) is 5.75. The molecule has 5 heteroatoms. The number of benzene rings is 2. The molecule has 0 aromatic heterocycles. The van der Waals surface area contributed by atoms with Crippen LogP contribution in [0.3, 0.4) is 0 Å².